The molecular weight excluding hydrogens is 304 g/mol. The summed E-state index contributed by atoms with van der Waals surface area (Å²) in [5.74, 6) is 0. The Morgan fingerprint density at radius 3 is 2.50 bits per heavy atom. The first-order valence-electron chi connectivity index (χ1n) is 8.11. The van der Waals surface area contributed by atoms with Crippen LogP contribution in [0.4, 0.5) is 10.5 Å². The highest BCUT2D eigenvalue weighted by Crippen LogP contribution is 2.17. The highest BCUT2D eigenvalue weighted by atomic mass is 16.5. The van der Waals surface area contributed by atoms with E-state index in [2.05, 4.69) is 15.3 Å². The predicted octanol–water partition coefficient (Wildman–Crippen LogP) is 3.09. The van der Waals surface area contributed by atoms with Crippen LogP contribution in [-0.2, 0) is 0 Å². The first kappa shape index (κ1) is 16.2. The molecule has 0 radical (unpaired) electrons. The van der Waals surface area contributed by atoms with E-state index in [1.165, 1.54) is 0 Å². The summed E-state index contributed by atoms with van der Waals surface area (Å²) in [6, 6.07) is 9.94. The summed E-state index contributed by atoms with van der Waals surface area (Å²) in [5, 5.41) is 2.91. The van der Waals surface area contributed by atoms with Gasteiger partial charge in [-0.1, -0.05) is 17.7 Å². The fourth-order valence-electron chi connectivity index (χ4n) is 2.74. The maximum Gasteiger partial charge on any atom is 0.321 e. The van der Waals surface area contributed by atoms with Crippen LogP contribution in [0.1, 0.15) is 23.4 Å². The third-order valence-electron chi connectivity index (χ3n) is 3.97. The number of nitrogens with one attached hydrogen (secondary N) is 1. The summed E-state index contributed by atoms with van der Waals surface area (Å²) >= 11 is 0. The number of carbonyl (C=O) groups is 1. The van der Waals surface area contributed by atoms with Crippen molar-refractivity contribution in [3.05, 3.63) is 47.3 Å². The van der Waals surface area contributed by atoms with Crippen molar-refractivity contribution in [2.24, 2.45) is 0 Å². The number of benzene rings is 1. The van der Waals surface area contributed by atoms with E-state index < -0.39 is 0 Å². The zero-order valence-electron chi connectivity index (χ0n) is 14.2. The van der Waals surface area contributed by atoms with Gasteiger partial charge >= 0.3 is 12.0 Å². The van der Waals surface area contributed by atoms with Crippen molar-refractivity contribution in [3.63, 3.8) is 0 Å². The SMILES string of the molecule is Cc1ccc(NC(=O)N2CC[C@@H](Oc3nc(C)cc(C)n3)C2)cc1. The van der Waals surface area contributed by atoms with Crippen LogP contribution >= 0.6 is 0 Å². The van der Waals surface area contributed by atoms with Gasteiger partial charge in [-0.3, -0.25) is 0 Å². The topological polar surface area (TPSA) is 67.4 Å². The Balaban J connectivity index is 1.56. The van der Waals surface area contributed by atoms with Gasteiger partial charge in [0, 0.05) is 30.0 Å². The lowest BCUT2D eigenvalue weighted by Gasteiger charge is -2.17. The molecule has 2 aromatic rings. The second-order valence-corrected chi connectivity index (χ2v) is 6.20. The van der Waals surface area contributed by atoms with Crippen LogP contribution in [0.25, 0.3) is 0 Å². The largest absolute Gasteiger partial charge is 0.458 e. The van der Waals surface area contributed by atoms with E-state index in [1.54, 1.807) is 4.90 Å². The van der Waals surface area contributed by atoms with Gasteiger partial charge in [0.25, 0.3) is 0 Å². The lowest BCUT2D eigenvalue weighted by Crippen LogP contribution is -2.34. The minimum atomic E-state index is -0.105. The molecule has 1 aliphatic rings. The second kappa shape index (κ2) is 6.86. The van der Waals surface area contributed by atoms with Gasteiger partial charge in [0.2, 0.25) is 0 Å². The number of ether oxygens (including phenoxy) is 1. The minimum absolute atomic E-state index is 0.0741. The van der Waals surface area contributed by atoms with Gasteiger partial charge in [-0.25, -0.2) is 14.8 Å². The van der Waals surface area contributed by atoms with Gasteiger partial charge in [-0.15, -0.1) is 0 Å². The molecule has 2 amide bonds. The van der Waals surface area contributed by atoms with E-state index in [4.69, 9.17) is 4.74 Å². The molecule has 3 rings (SSSR count). The molecule has 1 aliphatic heterocycles. The smallest absolute Gasteiger partial charge is 0.321 e. The molecule has 1 fully saturated rings. The molecule has 1 atom stereocenters. The molecule has 1 N–H and O–H groups in total. The molecule has 0 bridgehead atoms. The molecule has 1 saturated heterocycles. The summed E-state index contributed by atoms with van der Waals surface area (Å²) in [5.41, 5.74) is 3.72. The van der Waals surface area contributed by atoms with Gasteiger partial charge in [0.1, 0.15) is 6.10 Å². The predicted molar refractivity (Wildman–Crippen MR) is 92.3 cm³/mol. The summed E-state index contributed by atoms with van der Waals surface area (Å²) in [4.78, 5) is 22.7. The van der Waals surface area contributed by atoms with Crippen molar-refractivity contribution in [3.8, 4) is 6.01 Å². The van der Waals surface area contributed by atoms with Crippen LogP contribution < -0.4 is 10.1 Å². The first-order chi connectivity index (χ1) is 11.5. The lowest BCUT2D eigenvalue weighted by molar-refractivity contribution is 0.183. The molecule has 0 saturated carbocycles. The van der Waals surface area contributed by atoms with E-state index in [0.29, 0.717) is 19.1 Å². The summed E-state index contributed by atoms with van der Waals surface area (Å²) < 4.78 is 5.84. The molecule has 0 aliphatic carbocycles. The third-order valence-corrected chi connectivity index (χ3v) is 3.97. The van der Waals surface area contributed by atoms with Gasteiger partial charge in [0.05, 0.1) is 6.54 Å². The Kier molecular flexibility index (Phi) is 4.64. The number of nitrogens with zero attached hydrogens (tertiary/aromatic N) is 3. The Bertz CT molecular complexity index is 710. The van der Waals surface area contributed by atoms with E-state index in [1.807, 2.05) is 51.1 Å². The van der Waals surface area contributed by atoms with Gasteiger partial charge < -0.3 is 15.0 Å². The van der Waals surface area contributed by atoms with Crippen molar-refractivity contribution >= 4 is 11.7 Å². The molecule has 6 nitrogen and oxygen atoms in total. The van der Waals surface area contributed by atoms with E-state index in [9.17, 15) is 4.79 Å². The number of rotatable bonds is 3. The molecule has 24 heavy (non-hydrogen) atoms. The van der Waals surface area contributed by atoms with Crippen LogP contribution in [0.2, 0.25) is 0 Å². The molecule has 126 valence electrons. The number of amides is 2. The molecule has 1 aromatic heterocycles. The quantitative estimate of drug-likeness (QED) is 0.941. The molecule has 0 spiro atoms. The molecular formula is C18H22N4O2. The number of anilines is 1. The normalized spacial score (nSPS) is 17.0. The average Bonchev–Trinajstić information content (AvgIpc) is 2.97. The minimum Gasteiger partial charge on any atom is -0.458 e. The standard InChI is InChI=1S/C18H22N4O2/c1-12-4-6-15(7-5-12)21-18(23)22-9-8-16(11-22)24-17-19-13(2)10-14(3)20-17/h4-7,10,16H,8-9,11H2,1-3H3,(H,21,23)/t16-/m1/s1. The molecule has 2 heterocycles. The average molecular weight is 326 g/mol. The maximum atomic E-state index is 12.3. The van der Waals surface area contributed by atoms with Gasteiger partial charge in [-0.05, 0) is 39.0 Å². The summed E-state index contributed by atoms with van der Waals surface area (Å²) in [6.45, 7) is 7.04. The second-order valence-electron chi connectivity index (χ2n) is 6.20. The Hall–Kier alpha value is -2.63. The Morgan fingerprint density at radius 2 is 1.83 bits per heavy atom. The highest BCUT2D eigenvalue weighted by Gasteiger charge is 2.28. The van der Waals surface area contributed by atoms with Crippen LogP contribution in [-0.4, -0.2) is 40.1 Å². The Labute approximate surface area is 141 Å². The van der Waals surface area contributed by atoms with Crippen LogP contribution in [0.15, 0.2) is 30.3 Å². The zero-order valence-corrected chi connectivity index (χ0v) is 14.2. The van der Waals surface area contributed by atoms with Crippen LogP contribution in [0.3, 0.4) is 0 Å². The highest BCUT2D eigenvalue weighted by molar-refractivity contribution is 5.89. The number of carbonyl (C=O) groups excluding carboxylic acids is 1. The number of hydrogen-bond acceptors (Lipinski definition) is 4. The molecule has 0 unspecified atom stereocenters. The molecule has 1 aromatic carbocycles. The van der Waals surface area contributed by atoms with Crippen molar-refractivity contribution in [1.29, 1.82) is 0 Å². The van der Waals surface area contributed by atoms with Crippen molar-refractivity contribution in [2.75, 3.05) is 18.4 Å². The summed E-state index contributed by atoms with van der Waals surface area (Å²) in [7, 11) is 0. The Morgan fingerprint density at radius 1 is 1.17 bits per heavy atom. The fourth-order valence-corrected chi connectivity index (χ4v) is 2.74. The van der Waals surface area contributed by atoms with Crippen molar-refractivity contribution in [2.45, 2.75) is 33.3 Å². The molecule has 6 heteroatoms. The number of urea groups is 1. The summed E-state index contributed by atoms with van der Waals surface area (Å²) in [6.07, 6.45) is 0.701. The zero-order chi connectivity index (χ0) is 17.1. The number of aromatic nitrogens is 2. The maximum absolute atomic E-state index is 12.3. The number of likely N-dealkylation sites (tertiary alicyclic amines) is 1. The van der Waals surface area contributed by atoms with Crippen molar-refractivity contribution < 1.29 is 9.53 Å². The van der Waals surface area contributed by atoms with Crippen molar-refractivity contribution in [1.82, 2.24) is 14.9 Å². The van der Waals surface area contributed by atoms with E-state index in [-0.39, 0.29) is 12.1 Å². The van der Waals surface area contributed by atoms with Crippen LogP contribution in [0, 0.1) is 20.8 Å². The van der Waals surface area contributed by atoms with Gasteiger partial charge in [-0.2, -0.15) is 0 Å². The number of hydrogen-bond donors (Lipinski definition) is 1. The van der Waals surface area contributed by atoms with E-state index >= 15 is 0 Å². The fraction of sp³-hybridized carbons (Fsp3) is 0.389. The van der Waals surface area contributed by atoms with E-state index in [0.717, 1.165) is 29.1 Å². The third kappa shape index (κ3) is 4.01. The lowest BCUT2D eigenvalue weighted by atomic mass is 10.2. The van der Waals surface area contributed by atoms with Gasteiger partial charge in [0.15, 0.2) is 0 Å². The number of aryl methyl sites for hydroxylation is 3. The monoisotopic (exact) mass is 326 g/mol. The first-order valence-corrected chi connectivity index (χ1v) is 8.11. The van der Waals surface area contributed by atoms with Crippen LogP contribution in [0.5, 0.6) is 6.01 Å².